The van der Waals surface area contributed by atoms with Crippen molar-refractivity contribution < 1.29 is 9.18 Å². The Hall–Kier alpha value is -1.42. The van der Waals surface area contributed by atoms with Crippen molar-refractivity contribution in [2.24, 2.45) is 0 Å². The van der Waals surface area contributed by atoms with E-state index in [-0.39, 0.29) is 11.7 Å². The first-order valence-corrected chi connectivity index (χ1v) is 7.36. The number of amides is 1. The number of benzene rings is 1. The molecule has 1 aliphatic rings. The molecule has 1 aromatic rings. The van der Waals surface area contributed by atoms with Crippen LogP contribution in [0.5, 0.6) is 0 Å². The van der Waals surface area contributed by atoms with Gasteiger partial charge < -0.3 is 9.80 Å². The van der Waals surface area contributed by atoms with E-state index in [1.807, 2.05) is 7.05 Å². The van der Waals surface area contributed by atoms with Crippen LogP contribution in [0, 0.1) is 5.82 Å². The Labute approximate surface area is 120 Å². The SMILES string of the molecule is CN(CCN1CCCC1)C(=O)CCc1ccccc1F. The van der Waals surface area contributed by atoms with Crippen molar-refractivity contribution in [2.75, 3.05) is 33.2 Å². The predicted molar refractivity (Wildman–Crippen MR) is 78.0 cm³/mol. The normalized spacial score (nSPS) is 15.5. The first-order valence-electron chi connectivity index (χ1n) is 7.36. The number of hydrogen-bond donors (Lipinski definition) is 0. The van der Waals surface area contributed by atoms with Gasteiger partial charge in [-0.3, -0.25) is 4.79 Å². The largest absolute Gasteiger partial charge is 0.344 e. The van der Waals surface area contributed by atoms with Crippen molar-refractivity contribution in [3.8, 4) is 0 Å². The van der Waals surface area contributed by atoms with E-state index in [4.69, 9.17) is 0 Å². The van der Waals surface area contributed by atoms with Crippen molar-refractivity contribution >= 4 is 5.91 Å². The van der Waals surface area contributed by atoms with Crippen LogP contribution in [0.15, 0.2) is 24.3 Å². The smallest absolute Gasteiger partial charge is 0.222 e. The molecule has 1 amide bonds. The lowest BCUT2D eigenvalue weighted by molar-refractivity contribution is -0.130. The molecule has 0 unspecified atom stereocenters. The number of carbonyl (C=O) groups excluding carboxylic acids is 1. The maximum Gasteiger partial charge on any atom is 0.222 e. The summed E-state index contributed by atoms with van der Waals surface area (Å²) >= 11 is 0. The number of aryl methyl sites for hydroxylation is 1. The second-order valence-electron chi connectivity index (χ2n) is 5.46. The number of halogens is 1. The molecule has 0 bridgehead atoms. The molecule has 0 N–H and O–H groups in total. The molecule has 2 rings (SSSR count). The summed E-state index contributed by atoms with van der Waals surface area (Å²) in [4.78, 5) is 16.2. The summed E-state index contributed by atoms with van der Waals surface area (Å²) in [7, 11) is 1.83. The Morgan fingerprint density at radius 2 is 2.00 bits per heavy atom. The Balaban J connectivity index is 1.72. The maximum absolute atomic E-state index is 13.5. The second kappa shape index (κ2) is 7.39. The Morgan fingerprint density at radius 1 is 1.30 bits per heavy atom. The van der Waals surface area contributed by atoms with Crippen molar-refractivity contribution in [2.45, 2.75) is 25.7 Å². The van der Waals surface area contributed by atoms with E-state index in [0.717, 1.165) is 26.2 Å². The third-order valence-electron chi connectivity index (χ3n) is 3.94. The van der Waals surface area contributed by atoms with E-state index in [2.05, 4.69) is 4.90 Å². The minimum absolute atomic E-state index is 0.0902. The summed E-state index contributed by atoms with van der Waals surface area (Å²) in [5.41, 5.74) is 0.619. The fourth-order valence-corrected chi connectivity index (χ4v) is 2.56. The third kappa shape index (κ3) is 4.30. The summed E-state index contributed by atoms with van der Waals surface area (Å²) in [6.07, 6.45) is 3.38. The predicted octanol–water partition coefficient (Wildman–Crippen LogP) is 2.31. The Kier molecular flexibility index (Phi) is 5.53. The molecular formula is C16H23FN2O. The van der Waals surface area contributed by atoms with Gasteiger partial charge in [0.15, 0.2) is 0 Å². The highest BCUT2D eigenvalue weighted by Crippen LogP contribution is 2.10. The summed E-state index contributed by atoms with van der Waals surface area (Å²) < 4.78 is 13.5. The van der Waals surface area contributed by atoms with Crippen LogP contribution in [-0.2, 0) is 11.2 Å². The molecule has 1 aliphatic heterocycles. The van der Waals surface area contributed by atoms with Gasteiger partial charge in [0.25, 0.3) is 0 Å². The molecule has 1 aromatic carbocycles. The van der Waals surface area contributed by atoms with Crippen molar-refractivity contribution in [1.29, 1.82) is 0 Å². The van der Waals surface area contributed by atoms with Gasteiger partial charge in [0.05, 0.1) is 0 Å². The van der Waals surface area contributed by atoms with Crippen molar-refractivity contribution in [1.82, 2.24) is 9.80 Å². The summed E-state index contributed by atoms with van der Waals surface area (Å²) in [5.74, 6) is -0.132. The number of rotatable bonds is 6. The molecule has 0 aliphatic carbocycles. The molecule has 4 heteroatoms. The first kappa shape index (κ1) is 15.0. The molecular weight excluding hydrogens is 255 g/mol. The zero-order valence-electron chi connectivity index (χ0n) is 12.1. The molecule has 1 heterocycles. The standard InChI is InChI=1S/C16H23FN2O/c1-18(12-13-19-10-4-5-11-19)16(20)9-8-14-6-2-3-7-15(14)17/h2-3,6-7H,4-5,8-13H2,1H3. The quantitative estimate of drug-likeness (QED) is 0.797. The van der Waals surface area contributed by atoms with Gasteiger partial charge in [-0.05, 0) is 44.0 Å². The van der Waals surface area contributed by atoms with Crippen LogP contribution in [0.2, 0.25) is 0 Å². The third-order valence-corrected chi connectivity index (χ3v) is 3.94. The average molecular weight is 278 g/mol. The molecule has 0 spiro atoms. The number of nitrogens with zero attached hydrogens (tertiary/aromatic N) is 2. The van der Waals surface area contributed by atoms with Gasteiger partial charge in [-0.25, -0.2) is 4.39 Å². The van der Waals surface area contributed by atoms with Gasteiger partial charge in [0.1, 0.15) is 5.82 Å². The van der Waals surface area contributed by atoms with Crippen LogP contribution in [0.1, 0.15) is 24.8 Å². The highest BCUT2D eigenvalue weighted by atomic mass is 19.1. The molecule has 20 heavy (non-hydrogen) atoms. The minimum atomic E-state index is -0.222. The average Bonchev–Trinajstić information content (AvgIpc) is 2.97. The molecule has 110 valence electrons. The fourth-order valence-electron chi connectivity index (χ4n) is 2.56. The molecule has 0 saturated carbocycles. The zero-order chi connectivity index (χ0) is 14.4. The van der Waals surface area contributed by atoms with Crippen molar-refractivity contribution in [3.63, 3.8) is 0 Å². The van der Waals surface area contributed by atoms with Crippen molar-refractivity contribution in [3.05, 3.63) is 35.6 Å². The Morgan fingerprint density at radius 3 is 2.70 bits per heavy atom. The van der Waals surface area contributed by atoms with Gasteiger partial charge in [0, 0.05) is 26.6 Å². The number of carbonyl (C=O) groups is 1. The first-order chi connectivity index (χ1) is 9.66. The van der Waals surface area contributed by atoms with Gasteiger partial charge in [0.2, 0.25) is 5.91 Å². The van der Waals surface area contributed by atoms with E-state index < -0.39 is 0 Å². The van der Waals surface area contributed by atoms with Gasteiger partial charge in [-0.2, -0.15) is 0 Å². The zero-order valence-corrected chi connectivity index (χ0v) is 12.1. The lowest BCUT2D eigenvalue weighted by Gasteiger charge is -2.21. The molecule has 3 nitrogen and oxygen atoms in total. The Bertz CT molecular complexity index is 444. The molecule has 0 aromatic heterocycles. The number of likely N-dealkylation sites (N-methyl/N-ethyl adjacent to an activating group) is 1. The lowest BCUT2D eigenvalue weighted by atomic mass is 10.1. The van der Waals surface area contributed by atoms with Crippen LogP contribution in [0.25, 0.3) is 0 Å². The van der Waals surface area contributed by atoms with E-state index in [9.17, 15) is 9.18 Å². The van der Waals surface area contributed by atoms with Gasteiger partial charge in [-0.1, -0.05) is 18.2 Å². The molecule has 0 radical (unpaired) electrons. The summed E-state index contributed by atoms with van der Waals surface area (Å²) in [6.45, 7) is 4.01. The van der Waals surface area contributed by atoms with Gasteiger partial charge >= 0.3 is 0 Å². The second-order valence-corrected chi connectivity index (χ2v) is 5.46. The van der Waals surface area contributed by atoms with Crippen LogP contribution in [0.3, 0.4) is 0 Å². The minimum Gasteiger partial charge on any atom is -0.344 e. The summed E-state index contributed by atoms with van der Waals surface area (Å²) in [5, 5.41) is 0. The highest BCUT2D eigenvalue weighted by Gasteiger charge is 2.14. The van der Waals surface area contributed by atoms with Crippen LogP contribution in [-0.4, -0.2) is 48.9 Å². The summed E-state index contributed by atoms with van der Waals surface area (Å²) in [6, 6.07) is 6.66. The van der Waals surface area contributed by atoms with E-state index in [0.29, 0.717) is 18.4 Å². The van der Waals surface area contributed by atoms with E-state index >= 15 is 0 Å². The molecule has 0 atom stereocenters. The topological polar surface area (TPSA) is 23.6 Å². The van der Waals surface area contributed by atoms with E-state index in [1.165, 1.54) is 18.9 Å². The maximum atomic E-state index is 13.5. The highest BCUT2D eigenvalue weighted by molar-refractivity contribution is 5.76. The number of hydrogen-bond acceptors (Lipinski definition) is 2. The van der Waals surface area contributed by atoms with E-state index in [1.54, 1.807) is 23.1 Å². The van der Waals surface area contributed by atoms with Gasteiger partial charge in [-0.15, -0.1) is 0 Å². The van der Waals surface area contributed by atoms with Crippen LogP contribution < -0.4 is 0 Å². The monoisotopic (exact) mass is 278 g/mol. The molecule has 1 saturated heterocycles. The van der Waals surface area contributed by atoms with Crippen LogP contribution in [0.4, 0.5) is 4.39 Å². The fraction of sp³-hybridized carbons (Fsp3) is 0.562. The molecule has 1 fully saturated rings. The van der Waals surface area contributed by atoms with Crippen LogP contribution >= 0.6 is 0 Å². The lowest BCUT2D eigenvalue weighted by Crippen LogP contribution is -2.35. The number of likely N-dealkylation sites (tertiary alicyclic amines) is 1.